The van der Waals surface area contributed by atoms with Gasteiger partial charge < -0.3 is 10.6 Å². The van der Waals surface area contributed by atoms with E-state index < -0.39 is 0 Å². The third-order valence-electron chi connectivity index (χ3n) is 4.48. The summed E-state index contributed by atoms with van der Waals surface area (Å²) in [5.41, 5.74) is 6.26. The molecular weight excluding hydrogens is 310 g/mol. The molecule has 3 aromatic rings. The van der Waals surface area contributed by atoms with Crippen molar-refractivity contribution in [3.05, 3.63) is 78.1 Å². The first-order chi connectivity index (χ1) is 12.2. The predicted octanol–water partition coefficient (Wildman–Crippen LogP) is 4.42. The smallest absolute Gasteiger partial charge is 0.228 e. The van der Waals surface area contributed by atoms with Gasteiger partial charge in [0, 0.05) is 29.7 Å². The van der Waals surface area contributed by atoms with Gasteiger partial charge in [0.15, 0.2) is 0 Å². The molecule has 2 N–H and O–H groups in total. The first kappa shape index (κ1) is 15.4. The summed E-state index contributed by atoms with van der Waals surface area (Å²) in [5.74, 6) is 0.0531. The van der Waals surface area contributed by atoms with Crippen LogP contribution in [0.3, 0.4) is 0 Å². The van der Waals surface area contributed by atoms with E-state index in [1.165, 1.54) is 5.56 Å². The second kappa shape index (κ2) is 6.40. The molecule has 4 rings (SSSR count). The molecule has 0 saturated heterocycles. The largest absolute Gasteiger partial charge is 0.377 e. The standard InChI is InChI=1S/C21H19N3O/c1-14(15-5-3-2-4-6-15)23-19-10-18(12-22-13-19)16-7-8-20-17(9-16)11-21(25)24-20/h2-10,12-14,23H,11H2,1H3,(H,24,25). The number of carbonyl (C=O) groups is 1. The van der Waals surface area contributed by atoms with Gasteiger partial charge in [-0.25, -0.2) is 0 Å². The van der Waals surface area contributed by atoms with Crippen LogP contribution in [0.1, 0.15) is 24.1 Å². The van der Waals surface area contributed by atoms with E-state index >= 15 is 0 Å². The predicted molar refractivity (Wildman–Crippen MR) is 100 cm³/mol. The molecule has 0 radical (unpaired) electrons. The zero-order chi connectivity index (χ0) is 17.2. The fourth-order valence-corrected chi connectivity index (χ4v) is 3.16. The second-order valence-electron chi connectivity index (χ2n) is 6.34. The summed E-state index contributed by atoms with van der Waals surface area (Å²) in [6, 6.07) is 18.7. The molecule has 124 valence electrons. The Morgan fingerprint density at radius 2 is 1.88 bits per heavy atom. The molecule has 2 aromatic carbocycles. The molecule has 1 unspecified atom stereocenters. The van der Waals surface area contributed by atoms with Crippen molar-refractivity contribution in [1.29, 1.82) is 0 Å². The summed E-state index contributed by atoms with van der Waals surface area (Å²) in [6.07, 6.45) is 4.13. The number of nitrogens with zero attached hydrogens (tertiary/aromatic N) is 1. The van der Waals surface area contributed by atoms with Gasteiger partial charge in [0.2, 0.25) is 5.91 Å². The highest BCUT2D eigenvalue weighted by molar-refractivity contribution is 5.99. The number of amides is 1. The van der Waals surface area contributed by atoms with E-state index in [0.29, 0.717) is 6.42 Å². The van der Waals surface area contributed by atoms with Crippen molar-refractivity contribution >= 4 is 17.3 Å². The number of benzene rings is 2. The zero-order valence-corrected chi connectivity index (χ0v) is 14.0. The molecule has 0 saturated carbocycles. The average molecular weight is 329 g/mol. The number of aromatic nitrogens is 1. The Labute approximate surface area is 146 Å². The first-order valence-electron chi connectivity index (χ1n) is 8.39. The van der Waals surface area contributed by atoms with Crippen LogP contribution >= 0.6 is 0 Å². The van der Waals surface area contributed by atoms with Gasteiger partial charge in [0.05, 0.1) is 12.1 Å². The SMILES string of the molecule is CC(Nc1cncc(-c2ccc3c(c2)CC(=O)N3)c1)c1ccccc1. The van der Waals surface area contributed by atoms with Gasteiger partial charge in [-0.1, -0.05) is 36.4 Å². The third-order valence-corrected chi connectivity index (χ3v) is 4.48. The van der Waals surface area contributed by atoms with E-state index in [0.717, 1.165) is 28.1 Å². The van der Waals surface area contributed by atoms with E-state index in [4.69, 9.17) is 0 Å². The molecule has 4 heteroatoms. The number of hydrogen-bond acceptors (Lipinski definition) is 3. The number of pyridine rings is 1. The minimum absolute atomic E-state index is 0.0531. The first-order valence-corrected chi connectivity index (χ1v) is 8.39. The lowest BCUT2D eigenvalue weighted by Crippen LogP contribution is -2.06. The molecule has 0 fully saturated rings. The summed E-state index contributed by atoms with van der Waals surface area (Å²) in [7, 11) is 0. The van der Waals surface area contributed by atoms with Gasteiger partial charge in [-0.05, 0) is 41.8 Å². The topological polar surface area (TPSA) is 54.0 Å². The van der Waals surface area contributed by atoms with Gasteiger partial charge in [0.1, 0.15) is 0 Å². The highest BCUT2D eigenvalue weighted by atomic mass is 16.1. The molecule has 0 spiro atoms. The van der Waals surface area contributed by atoms with Crippen molar-refractivity contribution in [1.82, 2.24) is 4.98 Å². The third kappa shape index (κ3) is 3.24. The molecule has 2 heterocycles. The van der Waals surface area contributed by atoms with Gasteiger partial charge in [-0.2, -0.15) is 0 Å². The Kier molecular flexibility index (Phi) is 3.94. The van der Waals surface area contributed by atoms with Crippen LogP contribution in [0, 0.1) is 0 Å². The van der Waals surface area contributed by atoms with Crippen LogP contribution in [0.25, 0.3) is 11.1 Å². The highest BCUT2D eigenvalue weighted by Crippen LogP contribution is 2.30. The van der Waals surface area contributed by atoms with E-state index in [-0.39, 0.29) is 11.9 Å². The Balaban J connectivity index is 1.58. The van der Waals surface area contributed by atoms with Crippen molar-refractivity contribution in [3.8, 4) is 11.1 Å². The number of fused-ring (bicyclic) bond motifs is 1. The zero-order valence-electron chi connectivity index (χ0n) is 14.0. The van der Waals surface area contributed by atoms with Gasteiger partial charge in [-0.15, -0.1) is 0 Å². The Bertz CT molecular complexity index is 921. The van der Waals surface area contributed by atoms with Gasteiger partial charge in [0.25, 0.3) is 0 Å². The van der Waals surface area contributed by atoms with E-state index in [1.54, 1.807) is 0 Å². The van der Waals surface area contributed by atoms with Crippen molar-refractivity contribution in [3.63, 3.8) is 0 Å². The Hall–Kier alpha value is -3.14. The van der Waals surface area contributed by atoms with Crippen LogP contribution in [0.2, 0.25) is 0 Å². The van der Waals surface area contributed by atoms with Crippen LogP contribution < -0.4 is 10.6 Å². The molecular formula is C21H19N3O. The molecule has 25 heavy (non-hydrogen) atoms. The fourth-order valence-electron chi connectivity index (χ4n) is 3.16. The second-order valence-corrected chi connectivity index (χ2v) is 6.34. The lowest BCUT2D eigenvalue weighted by molar-refractivity contribution is -0.115. The van der Waals surface area contributed by atoms with Crippen LogP contribution in [-0.2, 0) is 11.2 Å². The number of rotatable bonds is 4. The van der Waals surface area contributed by atoms with E-state index in [1.807, 2.05) is 42.7 Å². The summed E-state index contributed by atoms with van der Waals surface area (Å²) < 4.78 is 0. The summed E-state index contributed by atoms with van der Waals surface area (Å²) in [5, 5.41) is 6.36. The minimum atomic E-state index is 0.0531. The summed E-state index contributed by atoms with van der Waals surface area (Å²) >= 11 is 0. The minimum Gasteiger partial charge on any atom is -0.377 e. The number of hydrogen-bond donors (Lipinski definition) is 2. The number of carbonyl (C=O) groups excluding carboxylic acids is 1. The van der Waals surface area contributed by atoms with E-state index in [9.17, 15) is 4.79 Å². The molecule has 1 amide bonds. The molecule has 1 atom stereocenters. The maximum atomic E-state index is 11.5. The lowest BCUT2D eigenvalue weighted by atomic mass is 10.0. The van der Waals surface area contributed by atoms with Crippen LogP contribution in [0.4, 0.5) is 11.4 Å². The Morgan fingerprint density at radius 1 is 1.04 bits per heavy atom. The van der Waals surface area contributed by atoms with Gasteiger partial charge >= 0.3 is 0 Å². The molecule has 1 aliphatic heterocycles. The van der Waals surface area contributed by atoms with Crippen LogP contribution in [0.5, 0.6) is 0 Å². The monoisotopic (exact) mass is 329 g/mol. The van der Waals surface area contributed by atoms with Gasteiger partial charge in [-0.3, -0.25) is 9.78 Å². The van der Waals surface area contributed by atoms with Crippen molar-refractivity contribution < 1.29 is 4.79 Å². The van der Waals surface area contributed by atoms with Crippen LogP contribution in [0.15, 0.2) is 67.0 Å². The Morgan fingerprint density at radius 3 is 2.72 bits per heavy atom. The maximum Gasteiger partial charge on any atom is 0.228 e. The molecule has 0 bridgehead atoms. The number of nitrogens with one attached hydrogen (secondary N) is 2. The molecule has 1 aromatic heterocycles. The van der Waals surface area contributed by atoms with Crippen molar-refractivity contribution in [2.75, 3.05) is 10.6 Å². The van der Waals surface area contributed by atoms with Crippen molar-refractivity contribution in [2.45, 2.75) is 19.4 Å². The normalized spacial score (nSPS) is 13.9. The summed E-state index contributed by atoms with van der Waals surface area (Å²) in [6.45, 7) is 2.13. The maximum absolute atomic E-state index is 11.5. The fraction of sp³-hybridized carbons (Fsp3) is 0.143. The molecule has 4 nitrogen and oxygen atoms in total. The average Bonchev–Trinajstić information content (AvgIpc) is 3.02. The quantitative estimate of drug-likeness (QED) is 0.745. The van der Waals surface area contributed by atoms with E-state index in [2.05, 4.69) is 46.8 Å². The molecule has 0 aliphatic carbocycles. The van der Waals surface area contributed by atoms with Crippen molar-refractivity contribution in [2.24, 2.45) is 0 Å². The lowest BCUT2D eigenvalue weighted by Gasteiger charge is -2.16. The summed E-state index contributed by atoms with van der Waals surface area (Å²) in [4.78, 5) is 15.9. The highest BCUT2D eigenvalue weighted by Gasteiger charge is 2.17. The van der Waals surface area contributed by atoms with Crippen LogP contribution in [-0.4, -0.2) is 10.9 Å². The number of anilines is 2. The molecule has 1 aliphatic rings.